The van der Waals surface area contributed by atoms with Crippen molar-refractivity contribution in [2.24, 2.45) is 5.73 Å². The lowest BCUT2D eigenvalue weighted by Gasteiger charge is -2.09. The van der Waals surface area contributed by atoms with E-state index < -0.39 is 11.9 Å². The smallest absolute Gasteiger partial charge is 0.251 e. The molecule has 0 fully saturated rings. The molecular weight excluding hydrogens is 216 g/mol. The van der Waals surface area contributed by atoms with Crippen LogP contribution in [0.3, 0.4) is 0 Å². The van der Waals surface area contributed by atoms with Crippen molar-refractivity contribution in [1.29, 1.82) is 0 Å². The van der Waals surface area contributed by atoms with E-state index in [1.807, 2.05) is 0 Å². The number of benzene rings is 1. The van der Waals surface area contributed by atoms with Gasteiger partial charge in [0.2, 0.25) is 5.91 Å². The van der Waals surface area contributed by atoms with Gasteiger partial charge in [-0.2, -0.15) is 0 Å². The van der Waals surface area contributed by atoms with Crippen LogP contribution in [0.2, 0.25) is 5.02 Å². The van der Waals surface area contributed by atoms with Gasteiger partial charge in [0.05, 0.1) is 0 Å². The van der Waals surface area contributed by atoms with Crippen LogP contribution >= 0.6 is 11.6 Å². The number of nitrogens with two attached hydrogens (primary N) is 1. The molecule has 0 unspecified atom stereocenters. The molecule has 80 valence electrons. The Morgan fingerprint density at radius 1 is 1.33 bits per heavy atom. The lowest BCUT2D eigenvalue weighted by atomic mass is 10.2. The molecule has 4 nitrogen and oxygen atoms in total. The van der Waals surface area contributed by atoms with Gasteiger partial charge in [-0.15, -0.1) is 0 Å². The maximum Gasteiger partial charge on any atom is 0.251 e. The van der Waals surface area contributed by atoms with Crippen LogP contribution in [0.4, 0.5) is 0 Å². The molecule has 0 aliphatic rings. The van der Waals surface area contributed by atoms with Crippen LogP contribution in [0.15, 0.2) is 24.3 Å². The van der Waals surface area contributed by atoms with Crippen molar-refractivity contribution in [3.63, 3.8) is 0 Å². The zero-order valence-corrected chi connectivity index (χ0v) is 8.91. The van der Waals surface area contributed by atoms with Crippen molar-refractivity contribution in [2.45, 2.75) is 13.0 Å². The number of carbonyl (C=O) groups excluding carboxylic acids is 2. The van der Waals surface area contributed by atoms with Gasteiger partial charge in [0.25, 0.3) is 5.91 Å². The fraction of sp³-hybridized carbons (Fsp3) is 0.200. The van der Waals surface area contributed by atoms with E-state index >= 15 is 0 Å². The molecule has 0 heterocycles. The van der Waals surface area contributed by atoms with Crippen LogP contribution in [0.1, 0.15) is 17.3 Å². The first-order valence-electron chi connectivity index (χ1n) is 4.36. The predicted molar refractivity (Wildman–Crippen MR) is 57.6 cm³/mol. The first kappa shape index (κ1) is 11.5. The van der Waals surface area contributed by atoms with Crippen LogP contribution in [-0.2, 0) is 4.79 Å². The third-order valence-corrected chi connectivity index (χ3v) is 2.13. The van der Waals surface area contributed by atoms with Crippen molar-refractivity contribution in [1.82, 2.24) is 5.32 Å². The standard InChI is InChI=1S/C10H11ClN2O2/c1-6(9(12)14)13-10(15)7-2-4-8(11)5-3-7/h2-6H,1H3,(H2,12,14)(H,13,15)/t6-/m0/s1. The average molecular weight is 227 g/mol. The van der Waals surface area contributed by atoms with E-state index in [4.69, 9.17) is 17.3 Å². The van der Waals surface area contributed by atoms with Crippen LogP contribution in [0.5, 0.6) is 0 Å². The highest BCUT2D eigenvalue weighted by atomic mass is 35.5. The highest BCUT2D eigenvalue weighted by molar-refractivity contribution is 6.30. The van der Waals surface area contributed by atoms with Gasteiger partial charge >= 0.3 is 0 Å². The molecule has 1 aromatic rings. The predicted octanol–water partition coefficient (Wildman–Crippen LogP) is 0.944. The van der Waals surface area contributed by atoms with E-state index in [2.05, 4.69) is 5.32 Å². The Hall–Kier alpha value is -1.55. The number of carbonyl (C=O) groups is 2. The van der Waals surface area contributed by atoms with Crippen molar-refractivity contribution in [2.75, 3.05) is 0 Å². The molecule has 3 N–H and O–H groups in total. The van der Waals surface area contributed by atoms with Gasteiger partial charge in [0.15, 0.2) is 0 Å². The van der Waals surface area contributed by atoms with Crippen molar-refractivity contribution in [3.05, 3.63) is 34.9 Å². The topological polar surface area (TPSA) is 72.2 Å². The molecule has 15 heavy (non-hydrogen) atoms. The zero-order chi connectivity index (χ0) is 11.4. The summed E-state index contributed by atoms with van der Waals surface area (Å²) in [5.41, 5.74) is 5.45. The molecule has 0 aliphatic carbocycles. The van der Waals surface area contributed by atoms with E-state index in [1.165, 1.54) is 6.92 Å². The molecule has 2 amide bonds. The van der Waals surface area contributed by atoms with E-state index in [-0.39, 0.29) is 5.91 Å². The molecule has 0 spiro atoms. The Bertz CT molecular complexity index is 376. The second kappa shape index (κ2) is 4.79. The Labute approximate surface area is 92.4 Å². The van der Waals surface area contributed by atoms with E-state index in [0.717, 1.165) is 0 Å². The summed E-state index contributed by atoms with van der Waals surface area (Å²) in [6, 6.07) is 5.67. The van der Waals surface area contributed by atoms with Crippen molar-refractivity contribution >= 4 is 23.4 Å². The molecule has 0 aliphatic heterocycles. The number of hydrogen-bond donors (Lipinski definition) is 2. The number of amides is 2. The van der Waals surface area contributed by atoms with Crippen LogP contribution < -0.4 is 11.1 Å². The molecule has 0 saturated carbocycles. The van der Waals surface area contributed by atoms with Gasteiger partial charge in [0, 0.05) is 10.6 Å². The summed E-state index contributed by atoms with van der Waals surface area (Å²) >= 11 is 5.67. The van der Waals surface area contributed by atoms with Gasteiger partial charge in [-0.05, 0) is 31.2 Å². The summed E-state index contributed by atoms with van der Waals surface area (Å²) in [4.78, 5) is 22.2. The summed E-state index contributed by atoms with van der Waals surface area (Å²) in [5.74, 6) is -0.921. The average Bonchev–Trinajstić information content (AvgIpc) is 2.18. The third kappa shape index (κ3) is 3.25. The summed E-state index contributed by atoms with van der Waals surface area (Å²) in [6.07, 6.45) is 0. The largest absolute Gasteiger partial charge is 0.368 e. The summed E-state index contributed by atoms with van der Waals surface area (Å²) in [7, 11) is 0. The number of rotatable bonds is 3. The second-order valence-corrected chi connectivity index (χ2v) is 3.54. The van der Waals surface area contributed by atoms with E-state index in [0.29, 0.717) is 10.6 Å². The molecule has 1 aromatic carbocycles. The molecule has 0 saturated heterocycles. The Kier molecular flexibility index (Phi) is 3.68. The van der Waals surface area contributed by atoms with Crippen LogP contribution in [0.25, 0.3) is 0 Å². The highest BCUT2D eigenvalue weighted by Crippen LogP contribution is 2.09. The minimum absolute atomic E-state index is 0.349. The summed E-state index contributed by atoms with van der Waals surface area (Å²) < 4.78 is 0. The third-order valence-electron chi connectivity index (χ3n) is 1.88. The van der Waals surface area contributed by atoms with Crippen LogP contribution in [-0.4, -0.2) is 17.9 Å². The molecule has 0 aromatic heterocycles. The molecular formula is C10H11ClN2O2. The van der Waals surface area contributed by atoms with Gasteiger partial charge < -0.3 is 11.1 Å². The summed E-state index contributed by atoms with van der Waals surface area (Å²) in [6.45, 7) is 1.52. The minimum atomic E-state index is -0.687. The second-order valence-electron chi connectivity index (χ2n) is 3.10. The first-order chi connectivity index (χ1) is 7.00. The number of nitrogens with one attached hydrogen (secondary N) is 1. The van der Waals surface area contributed by atoms with E-state index in [1.54, 1.807) is 24.3 Å². The number of primary amides is 1. The van der Waals surface area contributed by atoms with Crippen molar-refractivity contribution in [3.8, 4) is 0 Å². The lowest BCUT2D eigenvalue weighted by molar-refractivity contribution is -0.119. The Morgan fingerprint density at radius 3 is 2.33 bits per heavy atom. The zero-order valence-electron chi connectivity index (χ0n) is 8.16. The quantitative estimate of drug-likeness (QED) is 0.805. The minimum Gasteiger partial charge on any atom is -0.368 e. The number of halogens is 1. The highest BCUT2D eigenvalue weighted by Gasteiger charge is 2.13. The molecule has 5 heteroatoms. The fourth-order valence-electron chi connectivity index (χ4n) is 0.952. The monoisotopic (exact) mass is 226 g/mol. The molecule has 0 bridgehead atoms. The van der Waals surface area contributed by atoms with Gasteiger partial charge in [0.1, 0.15) is 6.04 Å². The molecule has 1 rings (SSSR count). The van der Waals surface area contributed by atoms with E-state index in [9.17, 15) is 9.59 Å². The van der Waals surface area contributed by atoms with Crippen LogP contribution in [0, 0.1) is 0 Å². The molecule has 0 radical (unpaired) electrons. The van der Waals surface area contributed by atoms with Gasteiger partial charge in [-0.25, -0.2) is 0 Å². The maximum atomic E-state index is 11.5. The Morgan fingerprint density at radius 2 is 1.87 bits per heavy atom. The Balaban J connectivity index is 2.69. The van der Waals surface area contributed by atoms with Gasteiger partial charge in [-0.3, -0.25) is 9.59 Å². The maximum absolute atomic E-state index is 11.5. The number of hydrogen-bond acceptors (Lipinski definition) is 2. The fourth-order valence-corrected chi connectivity index (χ4v) is 1.08. The van der Waals surface area contributed by atoms with Crippen molar-refractivity contribution < 1.29 is 9.59 Å². The first-order valence-corrected chi connectivity index (χ1v) is 4.74. The normalized spacial score (nSPS) is 11.9. The SMILES string of the molecule is C[C@H](NC(=O)c1ccc(Cl)cc1)C(N)=O. The lowest BCUT2D eigenvalue weighted by Crippen LogP contribution is -2.42. The van der Waals surface area contributed by atoms with Gasteiger partial charge in [-0.1, -0.05) is 11.6 Å². The molecule has 1 atom stereocenters. The summed E-state index contributed by atoms with van der Waals surface area (Å²) in [5, 5.41) is 3.01.